The summed E-state index contributed by atoms with van der Waals surface area (Å²) in [5.74, 6) is 0.807. The maximum atomic E-state index is 9.47. The molecule has 0 N–H and O–H groups in total. The van der Waals surface area contributed by atoms with Gasteiger partial charge >= 0.3 is 0 Å². The number of allylic oxidation sites excluding steroid dienone is 1. The number of methoxy groups -OCH3 is 1. The molecule has 0 atom stereocenters. The van der Waals surface area contributed by atoms with Gasteiger partial charge in [0, 0.05) is 0 Å². The van der Waals surface area contributed by atoms with Crippen molar-refractivity contribution in [2.45, 2.75) is 0 Å². The lowest BCUT2D eigenvalue weighted by Gasteiger charge is -2.04. The molecule has 0 bridgehead atoms. The molecule has 0 aliphatic carbocycles. The van der Waals surface area contributed by atoms with E-state index in [1.165, 1.54) is 5.39 Å². The summed E-state index contributed by atoms with van der Waals surface area (Å²) in [6, 6.07) is 24.2. The van der Waals surface area contributed by atoms with Crippen molar-refractivity contribution in [3.8, 4) is 11.8 Å². The number of nitrogens with zero attached hydrogens (tertiary/aromatic N) is 1. The van der Waals surface area contributed by atoms with E-state index < -0.39 is 0 Å². The number of nitriles is 1. The maximum absolute atomic E-state index is 9.47. The molecular formula is C20H15NO. The highest BCUT2D eigenvalue weighted by molar-refractivity contribution is 5.94. The minimum Gasteiger partial charge on any atom is -0.497 e. The van der Waals surface area contributed by atoms with Crippen molar-refractivity contribution in [1.29, 1.82) is 5.26 Å². The molecule has 0 spiro atoms. The van der Waals surface area contributed by atoms with Crippen LogP contribution >= 0.6 is 0 Å². The Balaban J connectivity index is 2.01. The fourth-order valence-corrected chi connectivity index (χ4v) is 2.40. The summed E-state index contributed by atoms with van der Waals surface area (Å²) in [5.41, 5.74) is 2.55. The maximum Gasteiger partial charge on any atom is 0.118 e. The molecule has 0 aromatic heterocycles. The fraction of sp³-hybridized carbons (Fsp3) is 0.0500. The zero-order valence-electron chi connectivity index (χ0n) is 12.3. The SMILES string of the molecule is COc1ccc(/C=C(/C#N)c2ccc3ccccc3c2)cc1. The highest BCUT2D eigenvalue weighted by Crippen LogP contribution is 2.23. The van der Waals surface area contributed by atoms with Crippen LogP contribution in [0.2, 0.25) is 0 Å². The third-order valence-electron chi connectivity index (χ3n) is 3.61. The molecule has 0 saturated carbocycles. The quantitative estimate of drug-likeness (QED) is 0.506. The van der Waals surface area contributed by atoms with E-state index in [0.717, 1.165) is 22.3 Å². The number of fused-ring (bicyclic) bond motifs is 1. The van der Waals surface area contributed by atoms with Crippen LogP contribution in [0.5, 0.6) is 5.75 Å². The summed E-state index contributed by atoms with van der Waals surface area (Å²) in [7, 11) is 1.64. The molecule has 0 fully saturated rings. The summed E-state index contributed by atoms with van der Waals surface area (Å²) < 4.78 is 5.15. The highest BCUT2D eigenvalue weighted by atomic mass is 16.5. The van der Waals surface area contributed by atoms with Gasteiger partial charge < -0.3 is 4.74 Å². The second kappa shape index (κ2) is 6.15. The number of ether oxygens (including phenoxy) is 1. The van der Waals surface area contributed by atoms with Crippen LogP contribution in [0.4, 0.5) is 0 Å². The molecule has 0 saturated heterocycles. The first-order chi connectivity index (χ1) is 10.8. The summed E-state index contributed by atoms with van der Waals surface area (Å²) in [5, 5.41) is 11.8. The van der Waals surface area contributed by atoms with Crippen LogP contribution < -0.4 is 4.74 Å². The van der Waals surface area contributed by atoms with Gasteiger partial charge in [-0.15, -0.1) is 0 Å². The lowest BCUT2D eigenvalue weighted by Crippen LogP contribution is -1.84. The van der Waals surface area contributed by atoms with Gasteiger partial charge in [0.05, 0.1) is 18.8 Å². The van der Waals surface area contributed by atoms with Gasteiger partial charge in [0.25, 0.3) is 0 Å². The Morgan fingerprint density at radius 2 is 1.68 bits per heavy atom. The first-order valence-corrected chi connectivity index (χ1v) is 7.05. The monoisotopic (exact) mass is 285 g/mol. The summed E-state index contributed by atoms with van der Waals surface area (Å²) in [4.78, 5) is 0. The third kappa shape index (κ3) is 2.84. The molecule has 0 unspecified atom stereocenters. The van der Waals surface area contributed by atoms with Crippen LogP contribution in [0.3, 0.4) is 0 Å². The minimum absolute atomic E-state index is 0.649. The number of hydrogen-bond acceptors (Lipinski definition) is 2. The molecule has 22 heavy (non-hydrogen) atoms. The summed E-state index contributed by atoms with van der Waals surface area (Å²) in [6.07, 6.45) is 1.89. The van der Waals surface area contributed by atoms with Crippen LogP contribution in [0.25, 0.3) is 22.4 Å². The van der Waals surface area contributed by atoms with E-state index in [-0.39, 0.29) is 0 Å². The molecule has 0 radical (unpaired) electrons. The van der Waals surface area contributed by atoms with Crippen LogP contribution in [-0.2, 0) is 0 Å². The molecule has 3 rings (SSSR count). The molecule has 0 heterocycles. The van der Waals surface area contributed by atoms with E-state index in [1.54, 1.807) is 7.11 Å². The molecule has 2 heteroatoms. The standard InChI is InChI=1S/C20H15NO/c1-22-20-10-6-15(7-11-20)12-19(14-21)18-9-8-16-4-2-3-5-17(16)13-18/h2-13H,1H3/b19-12-. The van der Waals surface area contributed by atoms with Crippen LogP contribution in [0.1, 0.15) is 11.1 Å². The van der Waals surface area contributed by atoms with Gasteiger partial charge in [-0.2, -0.15) is 5.26 Å². The Kier molecular flexibility index (Phi) is 3.89. The van der Waals surface area contributed by atoms with E-state index >= 15 is 0 Å². The summed E-state index contributed by atoms with van der Waals surface area (Å²) >= 11 is 0. The zero-order chi connectivity index (χ0) is 15.4. The van der Waals surface area contributed by atoms with Crippen molar-refractivity contribution in [3.63, 3.8) is 0 Å². The first kappa shape index (κ1) is 13.9. The highest BCUT2D eigenvalue weighted by Gasteiger charge is 2.03. The first-order valence-electron chi connectivity index (χ1n) is 7.05. The van der Waals surface area contributed by atoms with Crippen LogP contribution in [-0.4, -0.2) is 7.11 Å². The van der Waals surface area contributed by atoms with Gasteiger partial charge in [-0.25, -0.2) is 0 Å². The third-order valence-corrected chi connectivity index (χ3v) is 3.61. The van der Waals surface area contributed by atoms with E-state index in [9.17, 15) is 5.26 Å². The van der Waals surface area contributed by atoms with Crippen molar-refractivity contribution in [3.05, 3.63) is 77.9 Å². The normalized spacial score (nSPS) is 11.2. The fourth-order valence-electron chi connectivity index (χ4n) is 2.40. The Labute approximate surface area is 129 Å². The number of hydrogen-bond donors (Lipinski definition) is 0. The molecular weight excluding hydrogens is 270 g/mol. The van der Waals surface area contributed by atoms with Crippen molar-refractivity contribution < 1.29 is 4.74 Å². The van der Waals surface area contributed by atoms with Gasteiger partial charge in [-0.3, -0.25) is 0 Å². The van der Waals surface area contributed by atoms with E-state index in [2.05, 4.69) is 18.2 Å². The van der Waals surface area contributed by atoms with Crippen molar-refractivity contribution in [2.75, 3.05) is 7.11 Å². The van der Waals surface area contributed by atoms with Gasteiger partial charge in [-0.05, 0) is 46.2 Å². The van der Waals surface area contributed by atoms with Gasteiger partial charge in [0.15, 0.2) is 0 Å². The second-order valence-corrected chi connectivity index (χ2v) is 5.00. The summed E-state index contributed by atoms with van der Waals surface area (Å²) in [6.45, 7) is 0. The average Bonchev–Trinajstić information content (AvgIpc) is 2.59. The largest absolute Gasteiger partial charge is 0.497 e. The Hall–Kier alpha value is -3.05. The molecule has 3 aromatic rings. The van der Waals surface area contributed by atoms with Crippen LogP contribution in [0.15, 0.2) is 66.7 Å². The predicted octanol–water partition coefficient (Wildman–Crippen LogP) is 4.91. The van der Waals surface area contributed by atoms with Gasteiger partial charge in [-0.1, -0.05) is 48.5 Å². The zero-order valence-corrected chi connectivity index (χ0v) is 12.3. The number of benzene rings is 3. The molecule has 0 amide bonds. The smallest absolute Gasteiger partial charge is 0.118 e. The molecule has 3 aromatic carbocycles. The molecule has 0 aliphatic heterocycles. The van der Waals surface area contributed by atoms with E-state index in [4.69, 9.17) is 4.74 Å². The van der Waals surface area contributed by atoms with E-state index in [1.807, 2.05) is 60.7 Å². The predicted molar refractivity (Wildman–Crippen MR) is 90.4 cm³/mol. The minimum atomic E-state index is 0.649. The lowest BCUT2D eigenvalue weighted by atomic mass is 10.0. The van der Waals surface area contributed by atoms with Crippen LogP contribution in [0, 0.1) is 11.3 Å². The number of rotatable bonds is 3. The van der Waals surface area contributed by atoms with Crippen molar-refractivity contribution in [2.24, 2.45) is 0 Å². The molecule has 2 nitrogen and oxygen atoms in total. The van der Waals surface area contributed by atoms with Gasteiger partial charge in [0.2, 0.25) is 0 Å². The molecule has 0 aliphatic rings. The topological polar surface area (TPSA) is 33.0 Å². The Morgan fingerprint density at radius 3 is 2.36 bits per heavy atom. The average molecular weight is 285 g/mol. The Bertz CT molecular complexity index is 870. The second-order valence-electron chi connectivity index (χ2n) is 5.00. The van der Waals surface area contributed by atoms with E-state index in [0.29, 0.717) is 5.57 Å². The Morgan fingerprint density at radius 1 is 0.955 bits per heavy atom. The van der Waals surface area contributed by atoms with Crippen molar-refractivity contribution in [1.82, 2.24) is 0 Å². The van der Waals surface area contributed by atoms with Crippen molar-refractivity contribution >= 4 is 22.4 Å². The lowest BCUT2D eigenvalue weighted by molar-refractivity contribution is 0.415. The molecule has 106 valence electrons. The van der Waals surface area contributed by atoms with Gasteiger partial charge in [0.1, 0.15) is 5.75 Å².